The summed E-state index contributed by atoms with van der Waals surface area (Å²) in [5.74, 6) is 1.24. The van der Waals surface area contributed by atoms with Crippen LogP contribution in [0.1, 0.15) is 75.5 Å². The van der Waals surface area contributed by atoms with Gasteiger partial charge in [-0.3, -0.25) is 4.90 Å². The molecular formula is C27H46N4O5S2. The Morgan fingerprint density at radius 2 is 1.89 bits per heavy atom. The van der Waals surface area contributed by atoms with E-state index < -0.39 is 20.2 Å². The Morgan fingerprint density at radius 1 is 1.08 bits per heavy atom. The first-order chi connectivity index (χ1) is 18.1. The van der Waals surface area contributed by atoms with Crippen LogP contribution in [0.15, 0.2) is 18.2 Å². The summed E-state index contributed by atoms with van der Waals surface area (Å²) in [5.41, 5.74) is 2.64. The number of unbranched alkanes of at least 4 members (excludes halogenated alkanes) is 3. The second-order valence-electron chi connectivity index (χ2n) is 11.2. The quantitative estimate of drug-likeness (QED) is 0.366. The summed E-state index contributed by atoms with van der Waals surface area (Å²) in [6.07, 6.45) is 8.74. The number of hydrogen-bond acceptors (Lipinski definition) is 6. The number of nitrogens with zero attached hydrogens (tertiary/aromatic N) is 3. The molecule has 1 aromatic carbocycles. The average Bonchev–Trinajstić information content (AvgIpc) is 2.89. The molecule has 0 bridgehead atoms. The number of nitrogens with one attached hydrogen (secondary N) is 1. The molecule has 3 aliphatic rings. The van der Waals surface area contributed by atoms with E-state index in [2.05, 4.69) is 34.7 Å². The molecule has 216 valence electrons. The van der Waals surface area contributed by atoms with Gasteiger partial charge in [0.05, 0.1) is 12.4 Å². The highest BCUT2D eigenvalue weighted by Crippen LogP contribution is 2.44. The number of benzene rings is 1. The molecule has 0 unspecified atom stereocenters. The molecule has 3 heterocycles. The third-order valence-electron chi connectivity index (χ3n) is 8.35. The van der Waals surface area contributed by atoms with Crippen LogP contribution in [0.4, 0.5) is 0 Å². The molecule has 0 radical (unpaired) electrons. The van der Waals surface area contributed by atoms with Crippen LogP contribution in [0.3, 0.4) is 0 Å². The summed E-state index contributed by atoms with van der Waals surface area (Å²) in [6, 6.07) is 6.70. The fourth-order valence-corrected chi connectivity index (χ4v) is 8.73. The molecule has 0 saturated carbocycles. The summed E-state index contributed by atoms with van der Waals surface area (Å²) >= 11 is 0. The van der Waals surface area contributed by atoms with Gasteiger partial charge in [0.25, 0.3) is 10.2 Å². The van der Waals surface area contributed by atoms with Gasteiger partial charge in [-0.1, -0.05) is 32.3 Å². The minimum Gasteiger partial charge on any atom is -0.494 e. The van der Waals surface area contributed by atoms with Crippen LogP contribution < -0.4 is 9.46 Å². The van der Waals surface area contributed by atoms with Gasteiger partial charge in [0.15, 0.2) is 0 Å². The maximum atomic E-state index is 13.4. The lowest BCUT2D eigenvalue weighted by atomic mass is 9.77. The van der Waals surface area contributed by atoms with Gasteiger partial charge in [0.2, 0.25) is 10.0 Å². The van der Waals surface area contributed by atoms with Gasteiger partial charge in [-0.2, -0.15) is 17.0 Å². The summed E-state index contributed by atoms with van der Waals surface area (Å²) in [4.78, 5) is 2.56. The van der Waals surface area contributed by atoms with Crippen LogP contribution >= 0.6 is 0 Å². The molecule has 1 aromatic rings. The van der Waals surface area contributed by atoms with E-state index in [1.807, 2.05) is 0 Å². The summed E-state index contributed by atoms with van der Waals surface area (Å²) < 4.78 is 62.1. The maximum Gasteiger partial charge on any atom is 0.278 e. The number of ether oxygens (including phenoxy) is 1. The Hall–Kier alpha value is -1.24. The highest BCUT2D eigenvalue weighted by atomic mass is 32.2. The normalized spacial score (nSPS) is 24.6. The van der Waals surface area contributed by atoms with Crippen molar-refractivity contribution in [3.8, 4) is 5.75 Å². The van der Waals surface area contributed by atoms with Crippen molar-refractivity contribution in [1.82, 2.24) is 18.2 Å². The molecule has 0 amide bonds. The van der Waals surface area contributed by atoms with E-state index in [0.29, 0.717) is 12.5 Å². The monoisotopic (exact) mass is 570 g/mol. The van der Waals surface area contributed by atoms with E-state index in [1.165, 1.54) is 44.5 Å². The first-order valence-electron chi connectivity index (χ1n) is 14.3. The number of piperidine rings is 2. The van der Waals surface area contributed by atoms with Gasteiger partial charge in [-0.15, -0.1) is 0 Å². The number of hydrogen-bond donors (Lipinski definition) is 1. The zero-order chi connectivity index (χ0) is 27.3. The van der Waals surface area contributed by atoms with E-state index in [1.54, 1.807) is 4.31 Å². The van der Waals surface area contributed by atoms with Gasteiger partial charge >= 0.3 is 0 Å². The van der Waals surface area contributed by atoms with E-state index in [4.69, 9.17) is 4.74 Å². The molecule has 11 heteroatoms. The van der Waals surface area contributed by atoms with Gasteiger partial charge in [0.1, 0.15) is 5.75 Å². The standard InChI is InChI=1S/C27H46N4O5S2/c1-4-5-6-7-17-36-24-11-12-25-22(19-24)13-16-30-21-23-10-8-15-31(26(23)20-27(25)30)37(32,33)18-9-14-28-38(34,35)29(2)3/h11-12,19,23,26-28H,4-10,13-18,20-21H2,1-3H3/t23-,26+,27+/m1/s1. The fourth-order valence-electron chi connectivity index (χ4n) is 6.25. The molecule has 0 spiro atoms. The topological polar surface area (TPSA) is 99.3 Å². The van der Waals surface area contributed by atoms with Gasteiger partial charge < -0.3 is 4.74 Å². The molecular weight excluding hydrogens is 524 g/mol. The molecule has 0 aliphatic carbocycles. The molecule has 2 fully saturated rings. The Morgan fingerprint density at radius 3 is 2.66 bits per heavy atom. The predicted octanol–water partition coefficient (Wildman–Crippen LogP) is 3.15. The Labute approximate surface area is 230 Å². The lowest BCUT2D eigenvalue weighted by molar-refractivity contribution is 0.0219. The minimum absolute atomic E-state index is 0.00564. The van der Waals surface area contributed by atoms with Crippen molar-refractivity contribution in [2.45, 2.75) is 76.8 Å². The summed E-state index contributed by atoms with van der Waals surface area (Å²) in [5, 5.41) is 0. The van der Waals surface area contributed by atoms with Crippen molar-refractivity contribution >= 4 is 20.2 Å². The largest absolute Gasteiger partial charge is 0.494 e. The SMILES string of the molecule is CCCCCCOc1ccc2c(c1)CCN1C[C@H]3CCCN(S(=O)(=O)CCCNS(=O)(=O)N(C)C)[C@H]3C[C@@H]21. The molecule has 38 heavy (non-hydrogen) atoms. The van der Waals surface area contributed by atoms with Crippen molar-refractivity contribution in [1.29, 1.82) is 0 Å². The van der Waals surface area contributed by atoms with E-state index in [0.717, 1.165) is 61.9 Å². The molecule has 0 aromatic heterocycles. The molecule has 3 atom stereocenters. The molecule has 9 nitrogen and oxygen atoms in total. The minimum atomic E-state index is -3.55. The van der Waals surface area contributed by atoms with Crippen molar-refractivity contribution in [2.24, 2.45) is 5.92 Å². The van der Waals surface area contributed by atoms with Crippen LogP contribution in [0.5, 0.6) is 5.75 Å². The fraction of sp³-hybridized carbons (Fsp3) is 0.778. The molecule has 3 aliphatic heterocycles. The van der Waals surface area contributed by atoms with Crippen molar-refractivity contribution in [2.75, 3.05) is 52.6 Å². The Bertz CT molecular complexity index is 1140. The van der Waals surface area contributed by atoms with Crippen LogP contribution in [-0.2, 0) is 26.7 Å². The smallest absolute Gasteiger partial charge is 0.278 e. The first-order valence-corrected chi connectivity index (χ1v) is 17.3. The van der Waals surface area contributed by atoms with Crippen molar-refractivity contribution in [3.05, 3.63) is 29.3 Å². The van der Waals surface area contributed by atoms with Crippen molar-refractivity contribution in [3.63, 3.8) is 0 Å². The highest BCUT2D eigenvalue weighted by molar-refractivity contribution is 7.89. The van der Waals surface area contributed by atoms with E-state index in [9.17, 15) is 16.8 Å². The lowest BCUT2D eigenvalue weighted by Gasteiger charge is -2.51. The maximum absolute atomic E-state index is 13.4. The van der Waals surface area contributed by atoms with Crippen LogP contribution in [0.2, 0.25) is 0 Å². The van der Waals surface area contributed by atoms with Crippen LogP contribution in [-0.4, -0.2) is 89.0 Å². The van der Waals surface area contributed by atoms with Gasteiger partial charge in [-0.05, 0) is 67.7 Å². The van der Waals surface area contributed by atoms with Gasteiger partial charge in [-0.25, -0.2) is 13.1 Å². The number of fused-ring (bicyclic) bond motifs is 4. The number of sulfonamides is 1. The predicted molar refractivity (Wildman–Crippen MR) is 151 cm³/mol. The molecule has 2 saturated heterocycles. The highest BCUT2D eigenvalue weighted by Gasteiger charge is 2.45. The summed E-state index contributed by atoms with van der Waals surface area (Å²) in [7, 11) is -4.14. The third-order valence-corrected chi connectivity index (χ3v) is 11.9. The zero-order valence-corrected chi connectivity index (χ0v) is 24.9. The van der Waals surface area contributed by atoms with E-state index >= 15 is 0 Å². The average molecular weight is 571 g/mol. The van der Waals surface area contributed by atoms with Crippen LogP contribution in [0, 0.1) is 5.92 Å². The third kappa shape index (κ3) is 7.09. The van der Waals surface area contributed by atoms with Gasteiger partial charge in [0, 0.05) is 52.4 Å². The second kappa shape index (κ2) is 13.0. The van der Waals surface area contributed by atoms with E-state index in [-0.39, 0.29) is 30.8 Å². The second-order valence-corrected chi connectivity index (χ2v) is 15.2. The van der Waals surface area contributed by atoms with Crippen LogP contribution in [0.25, 0.3) is 0 Å². The first kappa shape index (κ1) is 29.7. The molecule has 4 rings (SSSR count). The Balaban J connectivity index is 1.40. The summed E-state index contributed by atoms with van der Waals surface area (Å²) in [6.45, 7) is 5.55. The zero-order valence-electron chi connectivity index (χ0n) is 23.3. The molecule has 1 N–H and O–H groups in total. The lowest BCUT2D eigenvalue weighted by Crippen LogP contribution is -2.57. The number of rotatable bonds is 13. The Kier molecular flexibility index (Phi) is 10.1. The van der Waals surface area contributed by atoms with Crippen molar-refractivity contribution < 1.29 is 21.6 Å².